The zero-order valence-corrected chi connectivity index (χ0v) is 19.2. The van der Waals surface area contributed by atoms with Gasteiger partial charge in [-0.2, -0.15) is 0 Å². The van der Waals surface area contributed by atoms with Crippen LogP contribution in [0.2, 0.25) is 10.0 Å². The number of nitrogens with one attached hydrogen (secondary N) is 1. The SMILES string of the molecule is O=C(NCC(=O)N1CCC(N2CCC(c3ccccc3F)CC2)C1)c1ccc(Cl)c(Cl)c1. The topological polar surface area (TPSA) is 52.7 Å². The van der Waals surface area contributed by atoms with Crippen molar-refractivity contribution in [3.63, 3.8) is 0 Å². The van der Waals surface area contributed by atoms with Crippen LogP contribution in [0.25, 0.3) is 0 Å². The maximum absolute atomic E-state index is 14.1. The quantitative estimate of drug-likeness (QED) is 0.696. The first kappa shape index (κ1) is 23.0. The number of benzene rings is 2. The molecule has 1 atom stereocenters. The second kappa shape index (κ2) is 10.2. The molecule has 2 aromatic rings. The molecule has 2 heterocycles. The maximum Gasteiger partial charge on any atom is 0.251 e. The summed E-state index contributed by atoms with van der Waals surface area (Å²) in [5.74, 6) is -0.320. The van der Waals surface area contributed by atoms with Crippen molar-refractivity contribution in [2.45, 2.75) is 31.2 Å². The molecule has 4 rings (SSSR count). The van der Waals surface area contributed by atoms with Crippen molar-refractivity contribution in [1.82, 2.24) is 15.1 Å². The highest BCUT2D eigenvalue weighted by Gasteiger charge is 2.33. The summed E-state index contributed by atoms with van der Waals surface area (Å²) in [6, 6.07) is 12.0. The van der Waals surface area contributed by atoms with Crippen LogP contribution < -0.4 is 5.32 Å². The van der Waals surface area contributed by atoms with Crippen LogP contribution in [0, 0.1) is 5.82 Å². The molecule has 2 saturated heterocycles. The molecule has 1 N–H and O–H groups in total. The Morgan fingerprint density at radius 2 is 1.75 bits per heavy atom. The van der Waals surface area contributed by atoms with Crippen molar-refractivity contribution in [3.05, 3.63) is 69.5 Å². The molecule has 0 spiro atoms. The average molecular weight is 478 g/mol. The third-order valence-electron chi connectivity index (χ3n) is 6.49. The standard InChI is InChI=1S/C24H26Cl2FN3O2/c25-20-6-5-17(13-21(20)26)24(32)28-14-23(31)30-12-9-18(15-30)29-10-7-16(8-11-29)19-3-1-2-4-22(19)27/h1-6,13,16,18H,7-12,14-15H2,(H,28,32). The number of hydrogen-bond donors (Lipinski definition) is 1. The molecule has 2 aliphatic rings. The third-order valence-corrected chi connectivity index (χ3v) is 7.23. The predicted octanol–water partition coefficient (Wildman–Crippen LogP) is 4.34. The van der Waals surface area contributed by atoms with Crippen LogP contribution in [0.1, 0.15) is 41.1 Å². The van der Waals surface area contributed by atoms with E-state index in [4.69, 9.17) is 23.2 Å². The number of likely N-dealkylation sites (tertiary alicyclic amines) is 2. The van der Waals surface area contributed by atoms with Gasteiger partial charge in [0.15, 0.2) is 0 Å². The molecule has 1 unspecified atom stereocenters. The van der Waals surface area contributed by atoms with Gasteiger partial charge < -0.3 is 10.2 Å². The minimum Gasteiger partial charge on any atom is -0.343 e. The molecule has 2 aromatic carbocycles. The molecule has 0 aliphatic carbocycles. The van der Waals surface area contributed by atoms with Gasteiger partial charge in [-0.25, -0.2) is 4.39 Å². The van der Waals surface area contributed by atoms with E-state index in [0.29, 0.717) is 34.7 Å². The summed E-state index contributed by atoms with van der Waals surface area (Å²) in [5.41, 5.74) is 1.18. The van der Waals surface area contributed by atoms with Crippen molar-refractivity contribution < 1.29 is 14.0 Å². The Hall–Kier alpha value is -2.15. The van der Waals surface area contributed by atoms with Crippen molar-refractivity contribution in [1.29, 1.82) is 0 Å². The second-order valence-corrected chi connectivity index (χ2v) is 9.24. The molecule has 32 heavy (non-hydrogen) atoms. The highest BCUT2D eigenvalue weighted by Crippen LogP contribution is 2.31. The van der Waals surface area contributed by atoms with E-state index >= 15 is 0 Å². The lowest BCUT2D eigenvalue weighted by Crippen LogP contribution is -2.44. The summed E-state index contributed by atoms with van der Waals surface area (Å²) in [5, 5.41) is 3.34. The van der Waals surface area contributed by atoms with Crippen LogP contribution in [0.3, 0.4) is 0 Å². The Morgan fingerprint density at radius 3 is 2.47 bits per heavy atom. The molecule has 5 nitrogen and oxygen atoms in total. The molecular formula is C24H26Cl2FN3O2. The molecule has 2 aliphatic heterocycles. The van der Waals surface area contributed by atoms with Crippen LogP contribution in [-0.2, 0) is 4.79 Å². The first-order valence-electron chi connectivity index (χ1n) is 10.9. The van der Waals surface area contributed by atoms with E-state index in [0.717, 1.165) is 37.9 Å². The highest BCUT2D eigenvalue weighted by atomic mass is 35.5. The molecule has 0 radical (unpaired) electrons. The molecular weight excluding hydrogens is 452 g/mol. The van der Waals surface area contributed by atoms with E-state index in [9.17, 15) is 14.0 Å². The van der Waals surface area contributed by atoms with Crippen molar-refractivity contribution in [2.75, 3.05) is 32.7 Å². The van der Waals surface area contributed by atoms with E-state index < -0.39 is 0 Å². The van der Waals surface area contributed by atoms with Gasteiger partial charge in [0.2, 0.25) is 5.91 Å². The molecule has 0 saturated carbocycles. The fourth-order valence-corrected chi connectivity index (χ4v) is 4.95. The number of piperidine rings is 1. The van der Waals surface area contributed by atoms with E-state index in [1.807, 2.05) is 17.0 Å². The lowest BCUT2D eigenvalue weighted by molar-refractivity contribution is -0.129. The number of hydrogen-bond acceptors (Lipinski definition) is 3. The normalized spacial score (nSPS) is 19.8. The molecule has 2 fully saturated rings. The van der Waals surface area contributed by atoms with Crippen LogP contribution in [-0.4, -0.2) is 60.4 Å². The van der Waals surface area contributed by atoms with Gasteiger partial charge in [0, 0.05) is 24.7 Å². The monoisotopic (exact) mass is 477 g/mol. The molecule has 8 heteroatoms. The zero-order valence-electron chi connectivity index (χ0n) is 17.7. The van der Waals surface area contributed by atoms with Gasteiger partial charge in [0.25, 0.3) is 5.91 Å². The van der Waals surface area contributed by atoms with Crippen LogP contribution in [0.15, 0.2) is 42.5 Å². The smallest absolute Gasteiger partial charge is 0.251 e. The fraction of sp³-hybridized carbons (Fsp3) is 0.417. The largest absolute Gasteiger partial charge is 0.343 e. The van der Waals surface area contributed by atoms with Gasteiger partial charge in [-0.3, -0.25) is 14.5 Å². The Morgan fingerprint density at radius 1 is 1.00 bits per heavy atom. The summed E-state index contributed by atoms with van der Waals surface area (Å²) in [6.07, 6.45) is 2.76. The Bertz CT molecular complexity index is 995. The predicted molar refractivity (Wildman–Crippen MR) is 124 cm³/mol. The summed E-state index contributed by atoms with van der Waals surface area (Å²) in [4.78, 5) is 29.1. The molecule has 2 amide bonds. The van der Waals surface area contributed by atoms with Gasteiger partial charge in [-0.1, -0.05) is 41.4 Å². The van der Waals surface area contributed by atoms with Gasteiger partial charge >= 0.3 is 0 Å². The second-order valence-electron chi connectivity index (χ2n) is 8.43. The lowest BCUT2D eigenvalue weighted by atomic mass is 9.88. The minimum atomic E-state index is -0.358. The summed E-state index contributed by atoms with van der Waals surface area (Å²) < 4.78 is 14.1. The first-order chi connectivity index (χ1) is 15.4. The Labute approximate surface area is 197 Å². The van der Waals surface area contributed by atoms with E-state index in [1.165, 1.54) is 12.1 Å². The molecule has 0 aromatic heterocycles. The molecule has 170 valence electrons. The molecule has 0 bridgehead atoms. The number of nitrogens with zero attached hydrogens (tertiary/aromatic N) is 2. The van der Waals surface area contributed by atoms with Crippen LogP contribution in [0.4, 0.5) is 4.39 Å². The summed E-state index contributed by atoms with van der Waals surface area (Å²) in [7, 11) is 0. The lowest BCUT2D eigenvalue weighted by Gasteiger charge is -2.36. The number of halogens is 3. The Kier molecular flexibility index (Phi) is 7.33. The summed E-state index contributed by atoms with van der Waals surface area (Å²) in [6.45, 7) is 3.09. The van der Waals surface area contributed by atoms with E-state index in [-0.39, 0.29) is 30.1 Å². The number of carbonyl (C=O) groups is 2. The first-order valence-corrected chi connectivity index (χ1v) is 11.7. The fourth-order valence-electron chi connectivity index (χ4n) is 4.66. The van der Waals surface area contributed by atoms with Crippen molar-refractivity contribution in [3.8, 4) is 0 Å². The third kappa shape index (κ3) is 5.25. The van der Waals surface area contributed by atoms with Gasteiger partial charge in [0.05, 0.1) is 16.6 Å². The maximum atomic E-state index is 14.1. The van der Waals surface area contributed by atoms with Gasteiger partial charge in [-0.05, 0) is 68.1 Å². The van der Waals surface area contributed by atoms with Gasteiger partial charge in [-0.15, -0.1) is 0 Å². The van der Waals surface area contributed by atoms with Gasteiger partial charge in [0.1, 0.15) is 5.82 Å². The average Bonchev–Trinajstić information content (AvgIpc) is 3.30. The van der Waals surface area contributed by atoms with Crippen molar-refractivity contribution >= 4 is 35.0 Å². The zero-order chi connectivity index (χ0) is 22.7. The van der Waals surface area contributed by atoms with E-state index in [1.54, 1.807) is 18.2 Å². The van der Waals surface area contributed by atoms with E-state index in [2.05, 4.69) is 10.2 Å². The number of rotatable bonds is 5. The number of carbonyl (C=O) groups excluding carboxylic acids is 2. The van der Waals surface area contributed by atoms with Crippen LogP contribution in [0.5, 0.6) is 0 Å². The van der Waals surface area contributed by atoms with Crippen LogP contribution >= 0.6 is 23.2 Å². The Balaban J connectivity index is 1.24. The minimum absolute atomic E-state index is 0.0544. The highest BCUT2D eigenvalue weighted by molar-refractivity contribution is 6.42. The van der Waals surface area contributed by atoms with Crippen molar-refractivity contribution in [2.24, 2.45) is 0 Å². The summed E-state index contributed by atoms with van der Waals surface area (Å²) >= 11 is 11.8. The number of amides is 2.